The van der Waals surface area contributed by atoms with Gasteiger partial charge in [-0.05, 0) is 18.6 Å². The Balaban J connectivity index is 2.83. The maximum absolute atomic E-state index is 11.2. The highest BCUT2D eigenvalue weighted by Crippen LogP contribution is 2.23. The van der Waals surface area contributed by atoms with E-state index >= 15 is 0 Å². The lowest BCUT2D eigenvalue weighted by Crippen LogP contribution is -2.31. The van der Waals surface area contributed by atoms with Gasteiger partial charge >= 0.3 is 5.97 Å². The maximum atomic E-state index is 11.2. The summed E-state index contributed by atoms with van der Waals surface area (Å²) in [6, 6.07) is 1.85. The molecule has 0 fully saturated rings. The lowest BCUT2D eigenvalue weighted by Gasteiger charge is -2.24. The van der Waals surface area contributed by atoms with Crippen LogP contribution in [0.2, 0.25) is 0 Å². The lowest BCUT2D eigenvalue weighted by molar-refractivity contribution is -0.140. The van der Waals surface area contributed by atoms with Crippen molar-refractivity contribution in [1.29, 1.82) is 0 Å². The number of aryl methyl sites for hydroxylation is 1. The van der Waals surface area contributed by atoms with Crippen LogP contribution in [0, 0.1) is 6.92 Å². The van der Waals surface area contributed by atoms with E-state index in [9.17, 15) is 4.79 Å². The Bertz CT molecular complexity index is 424. The Morgan fingerprint density at radius 2 is 2.16 bits per heavy atom. The third-order valence-electron chi connectivity index (χ3n) is 2.87. The van der Waals surface area contributed by atoms with Gasteiger partial charge < -0.3 is 20.1 Å². The number of rotatable bonds is 7. The highest BCUT2D eigenvalue weighted by Gasteiger charge is 2.14. The van der Waals surface area contributed by atoms with E-state index in [0.29, 0.717) is 31.2 Å². The summed E-state index contributed by atoms with van der Waals surface area (Å²) in [6.07, 6.45) is 1.99. The summed E-state index contributed by atoms with van der Waals surface area (Å²) in [7, 11) is 3.01. The number of anilines is 2. The molecule has 0 amide bonds. The van der Waals surface area contributed by atoms with Gasteiger partial charge in [-0.3, -0.25) is 4.79 Å². The second-order valence-electron chi connectivity index (χ2n) is 4.17. The molecule has 0 bridgehead atoms. The quantitative estimate of drug-likeness (QED) is 0.742. The molecule has 1 rings (SSSR count). The second kappa shape index (κ2) is 7.58. The van der Waals surface area contributed by atoms with Crippen molar-refractivity contribution in [2.45, 2.75) is 13.3 Å². The number of carbonyl (C=O) groups excluding carboxylic acids is 1. The Labute approximate surface area is 113 Å². The molecule has 19 heavy (non-hydrogen) atoms. The Morgan fingerprint density at radius 1 is 1.42 bits per heavy atom. The van der Waals surface area contributed by atoms with E-state index in [-0.39, 0.29) is 12.4 Å². The molecule has 106 valence electrons. The number of hydrogen-bond acceptors (Lipinski definition) is 6. The third kappa shape index (κ3) is 4.40. The van der Waals surface area contributed by atoms with Crippen LogP contribution in [0.15, 0.2) is 12.3 Å². The first-order chi connectivity index (χ1) is 9.10. The SMILES string of the molecule is COCCN(CCC(=O)OC)c1nccc(C)c1N. The number of hydrogen-bond donors (Lipinski definition) is 1. The largest absolute Gasteiger partial charge is 0.469 e. The van der Waals surface area contributed by atoms with Crippen molar-refractivity contribution < 1.29 is 14.3 Å². The molecule has 0 aliphatic heterocycles. The average molecular weight is 267 g/mol. The number of ether oxygens (including phenoxy) is 2. The zero-order chi connectivity index (χ0) is 14.3. The monoisotopic (exact) mass is 267 g/mol. The summed E-state index contributed by atoms with van der Waals surface area (Å²) in [5.74, 6) is 0.426. The number of nitrogen functional groups attached to an aromatic ring is 1. The molecule has 0 atom stereocenters. The first-order valence-electron chi connectivity index (χ1n) is 6.12. The molecule has 0 spiro atoms. The number of methoxy groups -OCH3 is 2. The van der Waals surface area contributed by atoms with E-state index in [4.69, 9.17) is 10.5 Å². The van der Waals surface area contributed by atoms with Crippen LogP contribution in [0.25, 0.3) is 0 Å². The fraction of sp³-hybridized carbons (Fsp3) is 0.538. The van der Waals surface area contributed by atoms with Crippen LogP contribution < -0.4 is 10.6 Å². The molecule has 2 N–H and O–H groups in total. The molecular formula is C13H21N3O3. The van der Waals surface area contributed by atoms with Gasteiger partial charge in [-0.1, -0.05) is 0 Å². The van der Waals surface area contributed by atoms with Crippen LogP contribution in [-0.2, 0) is 14.3 Å². The van der Waals surface area contributed by atoms with Gasteiger partial charge in [0.25, 0.3) is 0 Å². The van der Waals surface area contributed by atoms with Crippen LogP contribution in [-0.4, -0.2) is 44.9 Å². The van der Waals surface area contributed by atoms with Gasteiger partial charge in [0, 0.05) is 26.4 Å². The Kier molecular flexibility index (Phi) is 6.08. The van der Waals surface area contributed by atoms with Crippen molar-refractivity contribution in [1.82, 2.24) is 4.98 Å². The fourth-order valence-electron chi connectivity index (χ4n) is 1.66. The Morgan fingerprint density at radius 3 is 2.79 bits per heavy atom. The molecule has 1 aromatic heterocycles. The van der Waals surface area contributed by atoms with E-state index in [1.54, 1.807) is 13.3 Å². The summed E-state index contributed by atoms with van der Waals surface area (Å²) in [4.78, 5) is 17.5. The van der Waals surface area contributed by atoms with Gasteiger partial charge in [-0.25, -0.2) is 4.98 Å². The second-order valence-corrected chi connectivity index (χ2v) is 4.17. The average Bonchev–Trinajstić information content (AvgIpc) is 2.42. The maximum Gasteiger partial charge on any atom is 0.307 e. The molecule has 6 nitrogen and oxygen atoms in total. The number of pyridine rings is 1. The number of esters is 1. The predicted octanol–water partition coefficient (Wildman–Crippen LogP) is 0.988. The lowest BCUT2D eigenvalue weighted by atomic mass is 10.2. The topological polar surface area (TPSA) is 77.7 Å². The normalized spacial score (nSPS) is 10.3. The van der Waals surface area contributed by atoms with Crippen molar-refractivity contribution in [3.8, 4) is 0 Å². The zero-order valence-corrected chi connectivity index (χ0v) is 11.7. The van der Waals surface area contributed by atoms with Crippen molar-refractivity contribution in [2.24, 2.45) is 0 Å². The minimum atomic E-state index is -0.256. The van der Waals surface area contributed by atoms with Crippen molar-refractivity contribution in [3.63, 3.8) is 0 Å². The standard InChI is InChI=1S/C13H21N3O3/c1-10-4-6-15-13(12(10)14)16(8-9-18-2)7-5-11(17)19-3/h4,6H,5,7-9,14H2,1-3H3. The van der Waals surface area contributed by atoms with Crippen LogP contribution in [0.1, 0.15) is 12.0 Å². The molecule has 0 unspecified atom stereocenters. The van der Waals surface area contributed by atoms with Gasteiger partial charge in [-0.15, -0.1) is 0 Å². The smallest absolute Gasteiger partial charge is 0.307 e. The minimum Gasteiger partial charge on any atom is -0.469 e. The molecule has 0 aromatic carbocycles. The number of nitrogens with two attached hydrogens (primary N) is 1. The molecule has 0 saturated carbocycles. The molecular weight excluding hydrogens is 246 g/mol. The summed E-state index contributed by atoms with van der Waals surface area (Å²) < 4.78 is 9.72. The van der Waals surface area contributed by atoms with Gasteiger partial charge in [0.05, 0.1) is 25.8 Å². The highest BCUT2D eigenvalue weighted by atomic mass is 16.5. The number of nitrogens with zero attached hydrogens (tertiary/aromatic N) is 2. The number of carbonyl (C=O) groups is 1. The van der Waals surface area contributed by atoms with E-state index in [1.165, 1.54) is 7.11 Å². The van der Waals surface area contributed by atoms with E-state index in [2.05, 4.69) is 9.72 Å². The molecule has 0 aliphatic carbocycles. The first kappa shape index (κ1) is 15.2. The van der Waals surface area contributed by atoms with Crippen LogP contribution in [0.4, 0.5) is 11.5 Å². The zero-order valence-electron chi connectivity index (χ0n) is 11.7. The van der Waals surface area contributed by atoms with Gasteiger partial charge in [-0.2, -0.15) is 0 Å². The van der Waals surface area contributed by atoms with Crippen LogP contribution >= 0.6 is 0 Å². The van der Waals surface area contributed by atoms with Crippen molar-refractivity contribution in [3.05, 3.63) is 17.8 Å². The Hall–Kier alpha value is -1.82. The predicted molar refractivity (Wildman–Crippen MR) is 74.1 cm³/mol. The molecule has 0 radical (unpaired) electrons. The van der Waals surface area contributed by atoms with E-state index in [0.717, 1.165) is 5.56 Å². The van der Waals surface area contributed by atoms with Crippen LogP contribution in [0.3, 0.4) is 0 Å². The first-order valence-corrected chi connectivity index (χ1v) is 6.12. The van der Waals surface area contributed by atoms with Crippen molar-refractivity contribution in [2.75, 3.05) is 44.5 Å². The molecule has 1 heterocycles. The summed E-state index contributed by atoms with van der Waals surface area (Å²) >= 11 is 0. The third-order valence-corrected chi connectivity index (χ3v) is 2.87. The van der Waals surface area contributed by atoms with E-state index < -0.39 is 0 Å². The molecule has 0 aliphatic rings. The summed E-state index contributed by atoms with van der Waals surface area (Å²) in [6.45, 7) is 3.58. The fourth-order valence-corrected chi connectivity index (χ4v) is 1.66. The van der Waals surface area contributed by atoms with Crippen molar-refractivity contribution >= 4 is 17.5 Å². The molecule has 0 saturated heterocycles. The number of aromatic nitrogens is 1. The molecule has 6 heteroatoms. The summed E-state index contributed by atoms with van der Waals surface area (Å²) in [5.41, 5.74) is 7.62. The highest BCUT2D eigenvalue weighted by molar-refractivity contribution is 5.71. The van der Waals surface area contributed by atoms with Gasteiger partial charge in [0.15, 0.2) is 5.82 Å². The minimum absolute atomic E-state index is 0.256. The van der Waals surface area contributed by atoms with Gasteiger partial charge in [0.1, 0.15) is 0 Å². The van der Waals surface area contributed by atoms with Gasteiger partial charge in [0.2, 0.25) is 0 Å². The molecule has 1 aromatic rings. The summed E-state index contributed by atoms with van der Waals surface area (Å²) in [5, 5.41) is 0. The van der Waals surface area contributed by atoms with Crippen LogP contribution in [0.5, 0.6) is 0 Å². The van der Waals surface area contributed by atoms with E-state index in [1.807, 2.05) is 17.9 Å².